The van der Waals surface area contributed by atoms with Crippen molar-refractivity contribution in [2.45, 2.75) is 104 Å². The van der Waals surface area contributed by atoms with Gasteiger partial charge in [0.15, 0.2) is 0 Å². The van der Waals surface area contributed by atoms with Crippen LogP contribution >= 0.6 is 0 Å². The van der Waals surface area contributed by atoms with Gasteiger partial charge >= 0.3 is 11.9 Å². The Balaban J connectivity index is 3.45. The summed E-state index contributed by atoms with van der Waals surface area (Å²) in [6.07, 6.45) is 20.8. The number of carbonyl (C=O) groups is 2. The van der Waals surface area contributed by atoms with Crippen LogP contribution in [0, 0.1) is 0 Å². The fourth-order valence-corrected chi connectivity index (χ4v) is 2.76. The van der Waals surface area contributed by atoms with Crippen molar-refractivity contribution in [3.8, 4) is 0 Å². The molecule has 0 aromatic rings. The Labute approximate surface area is 170 Å². The zero-order chi connectivity index (χ0) is 20.9. The van der Waals surface area contributed by atoms with Crippen LogP contribution in [0.15, 0.2) is 24.2 Å². The van der Waals surface area contributed by atoms with E-state index < -0.39 is 17.8 Å². The molecule has 0 atom stereocenters. The van der Waals surface area contributed by atoms with Gasteiger partial charge in [0.1, 0.15) is 6.26 Å². The summed E-state index contributed by atoms with van der Waals surface area (Å²) in [6.45, 7) is 3.89. The molecule has 28 heavy (non-hydrogen) atoms. The van der Waals surface area contributed by atoms with E-state index in [1.165, 1.54) is 51.4 Å². The molecular formula is C23H39FO4. The molecule has 0 saturated heterocycles. The SMILES string of the molecule is CCCCCCCC/C=C\CCCCCCCC(=O)O/C=C(/F)C(=O)OCC. The van der Waals surface area contributed by atoms with E-state index in [4.69, 9.17) is 0 Å². The number of rotatable bonds is 18. The Morgan fingerprint density at radius 2 is 1.32 bits per heavy atom. The van der Waals surface area contributed by atoms with Crippen LogP contribution in [0.1, 0.15) is 104 Å². The first-order chi connectivity index (χ1) is 13.6. The highest BCUT2D eigenvalue weighted by atomic mass is 19.1. The maximum atomic E-state index is 13.2. The Morgan fingerprint density at radius 1 is 0.786 bits per heavy atom. The third-order valence-corrected chi connectivity index (χ3v) is 4.41. The zero-order valence-electron chi connectivity index (χ0n) is 17.8. The molecule has 0 fully saturated rings. The molecule has 5 heteroatoms. The number of unbranched alkanes of at least 4 members (excludes halogenated alkanes) is 11. The van der Waals surface area contributed by atoms with Crippen molar-refractivity contribution < 1.29 is 23.5 Å². The van der Waals surface area contributed by atoms with Crippen LogP contribution in [-0.2, 0) is 19.1 Å². The number of carbonyl (C=O) groups excluding carboxylic acids is 2. The molecule has 4 nitrogen and oxygen atoms in total. The smallest absolute Gasteiger partial charge is 0.370 e. The van der Waals surface area contributed by atoms with Gasteiger partial charge in [-0.15, -0.1) is 0 Å². The van der Waals surface area contributed by atoms with Gasteiger partial charge in [-0.25, -0.2) is 4.79 Å². The topological polar surface area (TPSA) is 52.6 Å². The highest BCUT2D eigenvalue weighted by molar-refractivity contribution is 5.86. The minimum absolute atomic E-state index is 0.0724. The summed E-state index contributed by atoms with van der Waals surface area (Å²) in [5.41, 5.74) is 0. The minimum Gasteiger partial charge on any atom is -0.461 e. The second kappa shape index (κ2) is 20.1. The van der Waals surface area contributed by atoms with Crippen LogP contribution < -0.4 is 0 Å². The maximum Gasteiger partial charge on any atom is 0.370 e. The van der Waals surface area contributed by atoms with Crippen LogP contribution in [0.3, 0.4) is 0 Å². The molecule has 0 N–H and O–H groups in total. The molecule has 162 valence electrons. The van der Waals surface area contributed by atoms with Gasteiger partial charge in [0.2, 0.25) is 5.83 Å². The van der Waals surface area contributed by atoms with Crippen LogP contribution in [0.4, 0.5) is 4.39 Å². The summed E-state index contributed by atoms with van der Waals surface area (Å²) in [7, 11) is 0. The van der Waals surface area contributed by atoms with Crippen molar-refractivity contribution in [2.75, 3.05) is 6.61 Å². The minimum atomic E-state index is -1.19. The molecule has 0 aliphatic heterocycles. The van der Waals surface area contributed by atoms with E-state index in [0.29, 0.717) is 12.7 Å². The average molecular weight is 399 g/mol. The highest BCUT2D eigenvalue weighted by Crippen LogP contribution is 2.10. The van der Waals surface area contributed by atoms with Crippen LogP contribution in [0.2, 0.25) is 0 Å². The van der Waals surface area contributed by atoms with Crippen LogP contribution in [0.25, 0.3) is 0 Å². The number of ether oxygens (including phenoxy) is 2. The molecule has 0 amide bonds. The van der Waals surface area contributed by atoms with Crippen molar-refractivity contribution in [1.82, 2.24) is 0 Å². The third kappa shape index (κ3) is 17.7. The number of esters is 2. The molecule has 0 aliphatic carbocycles. The van der Waals surface area contributed by atoms with E-state index in [2.05, 4.69) is 28.5 Å². The first kappa shape index (κ1) is 26.4. The van der Waals surface area contributed by atoms with Crippen molar-refractivity contribution in [3.63, 3.8) is 0 Å². The second-order valence-corrected chi connectivity index (χ2v) is 7.01. The van der Waals surface area contributed by atoms with E-state index in [1.54, 1.807) is 6.92 Å². The second-order valence-electron chi connectivity index (χ2n) is 7.01. The van der Waals surface area contributed by atoms with E-state index in [0.717, 1.165) is 25.7 Å². The normalized spacial score (nSPS) is 11.8. The lowest BCUT2D eigenvalue weighted by Crippen LogP contribution is -2.06. The zero-order valence-corrected chi connectivity index (χ0v) is 17.8. The van der Waals surface area contributed by atoms with E-state index in [1.807, 2.05) is 0 Å². The Kier molecular flexibility index (Phi) is 18.9. The monoisotopic (exact) mass is 398 g/mol. The summed E-state index contributed by atoms with van der Waals surface area (Å²) < 4.78 is 22.2. The average Bonchev–Trinajstić information content (AvgIpc) is 2.69. The van der Waals surface area contributed by atoms with E-state index in [-0.39, 0.29) is 13.0 Å². The predicted octanol–water partition coefficient (Wildman–Crippen LogP) is 6.94. The van der Waals surface area contributed by atoms with E-state index >= 15 is 0 Å². The van der Waals surface area contributed by atoms with Crippen LogP contribution in [-0.4, -0.2) is 18.5 Å². The standard InChI is InChI=1S/C23H39FO4/c1-3-5-6-7-8-9-10-11-12-13-14-15-16-17-18-19-22(25)28-20-21(24)23(26)27-4-2/h11-12,20H,3-10,13-19H2,1-2H3/b12-11-,21-20+. The first-order valence-electron chi connectivity index (χ1n) is 11.0. The Bertz CT molecular complexity index is 458. The first-order valence-corrected chi connectivity index (χ1v) is 11.0. The van der Waals surface area contributed by atoms with Gasteiger partial charge in [-0.05, 0) is 39.0 Å². The number of halogens is 1. The van der Waals surface area contributed by atoms with Gasteiger partial charge in [-0.2, -0.15) is 4.39 Å². The quantitative estimate of drug-likeness (QED) is 0.0825. The predicted molar refractivity (Wildman–Crippen MR) is 111 cm³/mol. The molecule has 0 unspecified atom stereocenters. The van der Waals surface area contributed by atoms with Gasteiger partial charge in [0.25, 0.3) is 0 Å². The van der Waals surface area contributed by atoms with E-state index in [9.17, 15) is 14.0 Å². The molecule has 0 aromatic heterocycles. The number of hydrogen-bond acceptors (Lipinski definition) is 4. The van der Waals surface area contributed by atoms with Gasteiger partial charge in [-0.1, -0.05) is 70.4 Å². The fraction of sp³-hybridized carbons (Fsp3) is 0.739. The summed E-state index contributed by atoms with van der Waals surface area (Å²) in [5.74, 6) is -2.84. The highest BCUT2D eigenvalue weighted by Gasteiger charge is 2.11. The molecule has 0 rings (SSSR count). The van der Waals surface area contributed by atoms with Crippen molar-refractivity contribution in [1.29, 1.82) is 0 Å². The molecule has 0 aliphatic rings. The van der Waals surface area contributed by atoms with Crippen molar-refractivity contribution in [3.05, 3.63) is 24.2 Å². The largest absolute Gasteiger partial charge is 0.461 e. The van der Waals surface area contributed by atoms with Gasteiger partial charge in [-0.3, -0.25) is 4.79 Å². The maximum absolute atomic E-state index is 13.2. The molecule has 0 spiro atoms. The van der Waals surface area contributed by atoms with Gasteiger partial charge in [0.05, 0.1) is 6.61 Å². The van der Waals surface area contributed by atoms with Crippen molar-refractivity contribution >= 4 is 11.9 Å². The lowest BCUT2D eigenvalue weighted by Gasteiger charge is -2.02. The summed E-state index contributed by atoms with van der Waals surface area (Å²) in [4.78, 5) is 22.5. The van der Waals surface area contributed by atoms with Crippen LogP contribution in [0.5, 0.6) is 0 Å². The number of hydrogen-bond donors (Lipinski definition) is 0. The molecule has 0 aromatic carbocycles. The Morgan fingerprint density at radius 3 is 1.89 bits per heavy atom. The van der Waals surface area contributed by atoms with Crippen molar-refractivity contribution in [2.24, 2.45) is 0 Å². The molecule has 0 saturated carbocycles. The fourth-order valence-electron chi connectivity index (χ4n) is 2.76. The Hall–Kier alpha value is -1.65. The summed E-state index contributed by atoms with van der Waals surface area (Å²) >= 11 is 0. The summed E-state index contributed by atoms with van der Waals surface area (Å²) in [5, 5.41) is 0. The molecule has 0 heterocycles. The molecular weight excluding hydrogens is 359 g/mol. The van der Waals surface area contributed by atoms with Gasteiger partial charge in [0, 0.05) is 6.42 Å². The lowest BCUT2D eigenvalue weighted by molar-refractivity contribution is -0.141. The van der Waals surface area contributed by atoms with Gasteiger partial charge < -0.3 is 9.47 Å². The molecule has 0 radical (unpaired) electrons. The third-order valence-electron chi connectivity index (χ3n) is 4.41. The number of allylic oxidation sites excluding steroid dienone is 2. The summed E-state index contributed by atoms with van der Waals surface area (Å²) in [6, 6.07) is 0. The lowest BCUT2D eigenvalue weighted by atomic mass is 10.1. The molecule has 0 bridgehead atoms.